The first-order valence-corrected chi connectivity index (χ1v) is 10.7. The first-order valence-electron chi connectivity index (χ1n) is 9.58. The molecule has 0 aliphatic carbocycles. The van der Waals surface area contributed by atoms with Crippen molar-refractivity contribution in [2.45, 2.75) is 22.4 Å². The first kappa shape index (κ1) is 23.8. The Morgan fingerprint density at radius 1 is 1.18 bits per heavy atom. The lowest BCUT2D eigenvalue weighted by atomic mass is 9.93. The van der Waals surface area contributed by atoms with Crippen LogP contribution in [0.3, 0.4) is 0 Å². The van der Waals surface area contributed by atoms with Gasteiger partial charge in [-0.1, -0.05) is 5.10 Å². The summed E-state index contributed by atoms with van der Waals surface area (Å²) in [4.78, 5) is 11.9. The number of nitrogens with one attached hydrogen (secondary N) is 2. The summed E-state index contributed by atoms with van der Waals surface area (Å²) in [5, 5.41) is 12.7. The number of halogens is 5. The highest BCUT2D eigenvalue weighted by atomic mass is 32.2. The fourth-order valence-corrected chi connectivity index (χ4v) is 4.13. The van der Waals surface area contributed by atoms with Crippen LogP contribution in [0.2, 0.25) is 0 Å². The van der Waals surface area contributed by atoms with Crippen molar-refractivity contribution in [1.29, 1.82) is 0 Å². The van der Waals surface area contributed by atoms with Crippen LogP contribution < -0.4 is 15.4 Å². The van der Waals surface area contributed by atoms with Crippen molar-refractivity contribution in [3.63, 3.8) is 0 Å². The predicted molar refractivity (Wildman–Crippen MR) is 108 cm³/mol. The Morgan fingerprint density at radius 3 is 2.41 bits per heavy atom. The third kappa shape index (κ3) is 4.63. The molecule has 2 N–H and O–H groups in total. The highest BCUT2D eigenvalue weighted by Gasteiger charge is 2.46. The maximum Gasteiger partial charge on any atom is 0.578 e. The van der Waals surface area contributed by atoms with E-state index in [0.29, 0.717) is 0 Å². The minimum absolute atomic E-state index is 0.0211. The minimum Gasteiger partial charge on any atom is -0.604 e. The van der Waals surface area contributed by atoms with Gasteiger partial charge in [0.15, 0.2) is 4.90 Å². The second-order valence-corrected chi connectivity index (χ2v) is 8.60. The number of benzene rings is 2. The van der Waals surface area contributed by atoms with Crippen LogP contribution >= 0.6 is 0 Å². The number of ether oxygens (including phenoxy) is 1. The summed E-state index contributed by atoms with van der Waals surface area (Å²) in [6.07, 6.45) is 0. The summed E-state index contributed by atoms with van der Waals surface area (Å²) >= 11 is -3.19. The van der Waals surface area contributed by atoms with Gasteiger partial charge in [0.1, 0.15) is 23.4 Å². The quantitative estimate of drug-likeness (QED) is 0.393. The largest absolute Gasteiger partial charge is 0.604 e. The van der Waals surface area contributed by atoms with Crippen LogP contribution in [0.25, 0.3) is 11.5 Å². The number of hydrogen-bond acceptors (Lipinski definition) is 7. The number of aromatic nitrogens is 2. The second-order valence-electron chi connectivity index (χ2n) is 7.13. The van der Waals surface area contributed by atoms with Gasteiger partial charge in [-0.15, -0.1) is 18.3 Å². The van der Waals surface area contributed by atoms with Crippen molar-refractivity contribution in [2.24, 2.45) is 0 Å². The highest BCUT2D eigenvalue weighted by molar-refractivity contribution is 7.92. The van der Waals surface area contributed by atoms with E-state index >= 15 is 0 Å². The molecule has 8 nitrogen and oxygen atoms in total. The molecule has 1 aromatic heterocycles. The number of rotatable bonds is 6. The lowest BCUT2D eigenvalue weighted by Crippen LogP contribution is -2.33. The van der Waals surface area contributed by atoms with Gasteiger partial charge in [-0.3, -0.25) is 4.79 Å². The van der Waals surface area contributed by atoms with Crippen molar-refractivity contribution in [3.8, 4) is 17.2 Å². The topological polar surface area (TPSA) is 112 Å². The summed E-state index contributed by atoms with van der Waals surface area (Å²) in [6, 6.07) is 5.03. The van der Waals surface area contributed by atoms with Crippen LogP contribution in [0.1, 0.15) is 11.5 Å². The summed E-state index contributed by atoms with van der Waals surface area (Å²) in [7, 11) is 1.26. The average molecular weight is 502 g/mol. The molecule has 0 spiro atoms. The van der Waals surface area contributed by atoms with Gasteiger partial charge in [0, 0.05) is 35.7 Å². The van der Waals surface area contributed by atoms with Gasteiger partial charge < -0.3 is 24.3 Å². The van der Waals surface area contributed by atoms with Gasteiger partial charge in [-0.25, -0.2) is 8.78 Å². The van der Waals surface area contributed by atoms with Gasteiger partial charge in [-0.2, -0.15) is 0 Å². The van der Waals surface area contributed by atoms with Crippen LogP contribution in [0, 0.1) is 11.6 Å². The normalized spacial score (nSPS) is 19.1. The van der Waals surface area contributed by atoms with E-state index in [1.54, 1.807) is 0 Å². The van der Waals surface area contributed by atoms with Crippen molar-refractivity contribution in [1.82, 2.24) is 15.5 Å². The molecule has 3 atom stereocenters. The van der Waals surface area contributed by atoms with Crippen LogP contribution in [0.4, 0.5) is 28.0 Å². The summed E-state index contributed by atoms with van der Waals surface area (Å²) in [6.45, 7) is -0.0600. The van der Waals surface area contributed by atoms with Crippen LogP contribution in [-0.2, 0) is 16.0 Å². The molecule has 0 bridgehead atoms. The molecule has 1 aliphatic rings. The van der Waals surface area contributed by atoms with E-state index in [-0.39, 0.29) is 35.3 Å². The van der Waals surface area contributed by atoms with E-state index in [1.807, 2.05) is 0 Å². The van der Waals surface area contributed by atoms with E-state index in [2.05, 4.69) is 20.8 Å². The Bertz CT molecular complexity index is 1180. The maximum atomic E-state index is 14.5. The van der Waals surface area contributed by atoms with Crippen molar-refractivity contribution in [2.75, 3.05) is 19.0 Å². The molecule has 14 heteroatoms. The Kier molecular flexibility index (Phi) is 6.36. The Hall–Kier alpha value is -3.39. The molecular weight excluding hydrogens is 487 g/mol. The van der Waals surface area contributed by atoms with E-state index in [1.165, 1.54) is 19.2 Å². The number of alkyl halides is 3. The average Bonchev–Trinajstić information content (AvgIpc) is 3.40. The molecule has 0 radical (unpaired) electrons. The van der Waals surface area contributed by atoms with Crippen molar-refractivity contribution in [3.05, 3.63) is 53.6 Å². The monoisotopic (exact) mass is 502 g/mol. The fourth-order valence-electron chi connectivity index (χ4n) is 3.48. The standard InChI is InChI=1S/C20H15F5N4O4S/c1-32-10-6-13(21)15(14(22)7-10)12-8-26-17(30)16(12)27-19-29-28-18(33-19)9-2-4-11(5-3-9)34(31)20(23,24)25/h2-7,12,16H,8H2,1H3,(H,26,30)(H,27,29)/t12-,16-,34?/m0/s1. The Balaban J connectivity index is 1.54. The number of nitrogens with zero attached hydrogens (tertiary/aromatic N) is 2. The van der Waals surface area contributed by atoms with Gasteiger partial charge >= 0.3 is 11.5 Å². The summed E-state index contributed by atoms with van der Waals surface area (Å²) in [5.74, 6) is -3.43. The van der Waals surface area contributed by atoms with Crippen LogP contribution in [0.15, 0.2) is 45.7 Å². The molecule has 2 heterocycles. The van der Waals surface area contributed by atoms with Crippen LogP contribution in [-0.4, -0.2) is 45.9 Å². The molecule has 34 heavy (non-hydrogen) atoms. The summed E-state index contributed by atoms with van der Waals surface area (Å²) in [5.41, 5.74) is -5.00. The molecule has 3 aromatic rings. The molecular formula is C20H15F5N4O4S. The Labute approximate surface area is 191 Å². The van der Waals surface area contributed by atoms with Crippen LogP contribution in [0.5, 0.6) is 5.75 Å². The minimum atomic E-state index is -4.90. The lowest BCUT2D eigenvalue weighted by Gasteiger charge is -2.19. The number of carbonyl (C=O) groups excluding carboxylic acids is 1. The molecule has 1 saturated heterocycles. The number of methoxy groups -OCH3 is 1. The maximum absolute atomic E-state index is 14.5. The second kappa shape index (κ2) is 9.10. The molecule has 1 unspecified atom stereocenters. The molecule has 0 saturated carbocycles. The van der Waals surface area contributed by atoms with Gasteiger partial charge in [-0.05, 0) is 24.3 Å². The molecule has 4 rings (SSSR count). The van der Waals surface area contributed by atoms with Crippen molar-refractivity contribution >= 4 is 23.1 Å². The zero-order chi connectivity index (χ0) is 24.6. The summed E-state index contributed by atoms with van der Waals surface area (Å²) < 4.78 is 88.5. The number of carbonyl (C=O) groups is 1. The lowest BCUT2D eigenvalue weighted by molar-refractivity contribution is -0.119. The third-order valence-electron chi connectivity index (χ3n) is 5.07. The SMILES string of the molecule is COc1cc(F)c([C@@H]2CNC(=O)[C@H]2Nc2nnc(-c3ccc([S+]([O-])C(F)(F)F)cc3)o2)c(F)c1. The van der Waals surface area contributed by atoms with E-state index in [0.717, 1.165) is 24.3 Å². The molecule has 180 valence electrons. The van der Waals surface area contributed by atoms with E-state index < -0.39 is 51.1 Å². The van der Waals surface area contributed by atoms with Gasteiger partial charge in [0.25, 0.3) is 0 Å². The number of anilines is 1. The first-order chi connectivity index (χ1) is 16.1. The molecule has 1 aliphatic heterocycles. The van der Waals surface area contributed by atoms with Crippen molar-refractivity contribution < 1.29 is 40.5 Å². The van der Waals surface area contributed by atoms with Gasteiger partial charge in [0.2, 0.25) is 11.8 Å². The molecule has 1 fully saturated rings. The van der Waals surface area contributed by atoms with E-state index in [4.69, 9.17) is 9.15 Å². The fraction of sp³-hybridized carbons (Fsp3) is 0.250. The van der Waals surface area contributed by atoms with Gasteiger partial charge in [0.05, 0.1) is 18.3 Å². The predicted octanol–water partition coefficient (Wildman–Crippen LogP) is 3.34. The molecule has 2 aromatic carbocycles. The number of amides is 1. The smallest absolute Gasteiger partial charge is 0.578 e. The zero-order valence-corrected chi connectivity index (χ0v) is 18.0. The zero-order valence-electron chi connectivity index (χ0n) is 17.2. The molecule has 1 amide bonds. The highest BCUT2D eigenvalue weighted by Crippen LogP contribution is 2.34. The number of hydrogen-bond donors (Lipinski definition) is 2. The van der Waals surface area contributed by atoms with E-state index in [9.17, 15) is 31.3 Å². The third-order valence-corrected chi connectivity index (χ3v) is 6.19. The Morgan fingerprint density at radius 2 is 1.82 bits per heavy atom.